The second-order valence-electron chi connectivity index (χ2n) is 4.95. The van der Waals surface area contributed by atoms with Gasteiger partial charge in [0.05, 0.1) is 16.8 Å². The minimum Gasteiger partial charge on any atom is -0.398 e. The Hall–Kier alpha value is -0.805. The molecule has 0 saturated carbocycles. The number of aromatic nitrogens is 2. The fourth-order valence-corrected chi connectivity index (χ4v) is 1.48. The van der Waals surface area contributed by atoms with Gasteiger partial charge in [-0.15, -0.1) is 0 Å². The predicted octanol–water partition coefficient (Wildman–Crippen LogP) is 1.03. The summed E-state index contributed by atoms with van der Waals surface area (Å²) in [5.41, 5.74) is -1.11. The summed E-state index contributed by atoms with van der Waals surface area (Å²) < 4.78 is 57.0. The Kier molecular flexibility index (Phi) is 1.30. The lowest BCUT2D eigenvalue weighted by atomic mass is 9.86. The number of nitrogens with zero attached hydrogens (tertiary/aromatic N) is 2. The zero-order valence-corrected chi connectivity index (χ0v) is 9.87. The topological polar surface area (TPSA) is 36.3 Å². The molecule has 2 heterocycles. The van der Waals surface area contributed by atoms with Crippen molar-refractivity contribution in [3.63, 3.8) is 0 Å². The molecule has 0 aromatic carbocycles. The number of aryl methyl sites for hydroxylation is 2. The molecule has 5 heteroatoms. The van der Waals surface area contributed by atoms with Crippen molar-refractivity contribution >= 4 is 12.7 Å². The monoisotopic (exact) mass is 228 g/mol. The van der Waals surface area contributed by atoms with E-state index in [1.165, 1.54) is 0 Å². The Morgan fingerprint density at radius 3 is 2.38 bits per heavy atom. The van der Waals surface area contributed by atoms with Crippen LogP contribution >= 0.6 is 0 Å². The molecule has 0 radical (unpaired) electrons. The highest BCUT2D eigenvalue weighted by Crippen LogP contribution is 2.36. The quantitative estimate of drug-likeness (QED) is 0.673. The van der Waals surface area contributed by atoms with Crippen molar-refractivity contribution in [1.82, 2.24) is 9.55 Å². The van der Waals surface area contributed by atoms with E-state index >= 15 is 0 Å². The standard InChI is InChI=1S/C11H19BN2O2/c1-8-13-9(7-14(8)6)12-15-10(2,3)11(4,5)16-12/h7H,1-6H3/i1D3,6D3. The van der Waals surface area contributed by atoms with E-state index in [1.807, 2.05) is 27.7 Å². The zero-order valence-electron chi connectivity index (χ0n) is 15.9. The average molecular weight is 228 g/mol. The molecule has 0 spiro atoms. The van der Waals surface area contributed by atoms with Gasteiger partial charge in [0.1, 0.15) is 5.82 Å². The summed E-state index contributed by atoms with van der Waals surface area (Å²) >= 11 is 0. The minimum absolute atomic E-state index is 0.140. The number of imidazole rings is 1. The fraction of sp³-hybridized carbons (Fsp3) is 0.727. The van der Waals surface area contributed by atoms with Gasteiger partial charge in [-0.25, -0.2) is 4.98 Å². The van der Waals surface area contributed by atoms with Gasteiger partial charge in [0.15, 0.2) is 0 Å². The zero-order chi connectivity index (χ0) is 17.1. The van der Waals surface area contributed by atoms with Crippen LogP contribution in [0.5, 0.6) is 0 Å². The van der Waals surface area contributed by atoms with Crippen LogP contribution in [0.4, 0.5) is 0 Å². The van der Waals surface area contributed by atoms with E-state index in [1.54, 1.807) is 0 Å². The molecule has 0 atom stereocenters. The van der Waals surface area contributed by atoms with Crippen LogP contribution in [0.2, 0.25) is 0 Å². The van der Waals surface area contributed by atoms with E-state index in [0.717, 1.165) is 6.20 Å². The first-order chi connectivity index (χ1) is 9.65. The normalized spacial score (nSPS) is 29.9. The molecule has 0 bridgehead atoms. The summed E-state index contributed by atoms with van der Waals surface area (Å²) in [6.45, 7) is 2.10. The lowest BCUT2D eigenvalue weighted by molar-refractivity contribution is 0.00578. The maximum absolute atomic E-state index is 7.46. The molecule has 1 aliphatic rings. The maximum atomic E-state index is 7.46. The molecule has 0 aliphatic carbocycles. The number of rotatable bonds is 1. The Morgan fingerprint density at radius 1 is 1.31 bits per heavy atom. The van der Waals surface area contributed by atoms with Crippen LogP contribution in [0.3, 0.4) is 0 Å². The highest BCUT2D eigenvalue weighted by molar-refractivity contribution is 6.61. The van der Waals surface area contributed by atoms with Crippen molar-refractivity contribution in [2.45, 2.75) is 45.7 Å². The minimum atomic E-state index is -2.64. The molecular formula is C11H19BN2O2. The number of hydrogen-bond acceptors (Lipinski definition) is 3. The second-order valence-corrected chi connectivity index (χ2v) is 4.95. The Labute approximate surface area is 106 Å². The van der Waals surface area contributed by atoms with Crippen molar-refractivity contribution in [3.8, 4) is 0 Å². The summed E-state index contributed by atoms with van der Waals surface area (Å²) in [6.07, 6.45) is 1.16. The van der Waals surface area contributed by atoms with Gasteiger partial charge in [-0.2, -0.15) is 0 Å². The van der Waals surface area contributed by atoms with E-state index in [-0.39, 0.29) is 5.59 Å². The smallest absolute Gasteiger partial charge is 0.398 e. The molecule has 2 rings (SSSR count). The van der Waals surface area contributed by atoms with Gasteiger partial charge in [-0.1, -0.05) is 0 Å². The highest BCUT2D eigenvalue weighted by Gasteiger charge is 2.52. The lowest BCUT2D eigenvalue weighted by Crippen LogP contribution is -2.41. The fourth-order valence-electron chi connectivity index (χ4n) is 1.48. The first kappa shape index (κ1) is 6.22. The van der Waals surface area contributed by atoms with Crippen LogP contribution in [-0.4, -0.2) is 27.9 Å². The van der Waals surface area contributed by atoms with Crippen LogP contribution in [0, 0.1) is 6.85 Å². The molecule has 0 unspecified atom stereocenters. The van der Waals surface area contributed by atoms with Gasteiger partial charge in [0.2, 0.25) is 0 Å². The maximum Gasteiger partial charge on any atom is 0.516 e. The van der Waals surface area contributed by atoms with Crippen molar-refractivity contribution in [1.29, 1.82) is 0 Å². The van der Waals surface area contributed by atoms with E-state index < -0.39 is 38.0 Å². The molecule has 1 fully saturated rings. The lowest BCUT2D eigenvalue weighted by Gasteiger charge is -2.32. The molecule has 1 saturated heterocycles. The largest absolute Gasteiger partial charge is 0.516 e. The van der Waals surface area contributed by atoms with Crippen LogP contribution < -0.4 is 5.59 Å². The van der Waals surface area contributed by atoms with Crippen molar-refractivity contribution < 1.29 is 17.5 Å². The van der Waals surface area contributed by atoms with Gasteiger partial charge < -0.3 is 13.9 Å². The van der Waals surface area contributed by atoms with E-state index in [4.69, 9.17) is 17.5 Å². The molecule has 1 aromatic rings. The third kappa shape index (κ3) is 1.68. The first-order valence-corrected chi connectivity index (χ1v) is 5.11. The summed E-state index contributed by atoms with van der Waals surface area (Å²) in [7, 11) is -0.908. The van der Waals surface area contributed by atoms with Gasteiger partial charge >= 0.3 is 7.12 Å². The molecular weight excluding hydrogens is 203 g/mol. The predicted molar refractivity (Wildman–Crippen MR) is 63.7 cm³/mol. The molecule has 1 aliphatic heterocycles. The summed E-state index contributed by atoms with van der Waals surface area (Å²) in [4.78, 5) is 3.95. The average Bonchev–Trinajstić information content (AvgIpc) is 2.77. The van der Waals surface area contributed by atoms with E-state index in [9.17, 15) is 0 Å². The van der Waals surface area contributed by atoms with Gasteiger partial charge in [0.25, 0.3) is 0 Å². The second kappa shape index (κ2) is 3.34. The van der Waals surface area contributed by atoms with E-state index in [2.05, 4.69) is 4.98 Å². The van der Waals surface area contributed by atoms with Crippen LogP contribution in [0.25, 0.3) is 0 Å². The van der Waals surface area contributed by atoms with E-state index in [0.29, 0.717) is 4.57 Å². The molecule has 0 amide bonds. The molecule has 4 nitrogen and oxygen atoms in total. The van der Waals surface area contributed by atoms with Crippen molar-refractivity contribution in [3.05, 3.63) is 12.0 Å². The first-order valence-electron chi connectivity index (χ1n) is 8.11. The Bertz CT molecular complexity index is 531. The Balaban J connectivity index is 2.45. The molecule has 88 valence electrons. The third-order valence-electron chi connectivity index (χ3n) is 3.22. The van der Waals surface area contributed by atoms with Crippen LogP contribution in [-0.2, 0) is 16.3 Å². The summed E-state index contributed by atoms with van der Waals surface area (Å²) in [5, 5.41) is 0. The van der Waals surface area contributed by atoms with Crippen LogP contribution in [0.15, 0.2) is 6.20 Å². The Morgan fingerprint density at radius 2 is 1.94 bits per heavy atom. The van der Waals surface area contributed by atoms with Crippen molar-refractivity contribution in [2.75, 3.05) is 0 Å². The molecule has 16 heavy (non-hydrogen) atoms. The SMILES string of the molecule is [2H]C([2H])([2H])c1nc(B2OC(C)(C)C(C)(C)O2)cn1C([2H])([2H])[2H]. The van der Waals surface area contributed by atoms with Crippen LogP contribution in [0.1, 0.15) is 41.7 Å². The van der Waals surface area contributed by atoms with Gasteiger partial charge in [-0.05, 0) is 34.5 Å². The molecule has 0 N–H and O–H groups in total. The van der Waals surface area contributed by atoms with Gasteiger partial charge in [0, 0.05) is 21.4 Å². The summed E-state index contributed by atoms with van der Waals surface area (Å²) in [5.74, 6) is -0.503. The third-order valence-corrected chi connectivity index (χ3v) is 3.22. The molecule has 1 aromatic heterocycles. The summed E-state index contributed by atoms with van der Waals surface area (Å²) in [6, 6.07) is 0. The number of hydrogen-bond donors (Lipinski definition) is 0. The highest BCUT2D eigenvalue weighted by atomic mass is 16.7. The van der Waals surface area contributed by atoms with Gasteiger partial charge in [-0.3, -0.25) is 0 Å². The van der Waals surface area contributed by atoms with Crippen molar-refractivity contribution in [2.24, 2.45) is 6.98 Å².